The largest absolute Gasteiger partial charge is 0.493 e. The van der Waals surface area contributed by atoms with Gasteiger partial charge in [0.05, 0.1) is 17.6 Å². The summed E-state index contributed by atoms with van der Waals surface area (Å²) in [5.74, 6) is 0.665. The fourth-order valence-electron chi connectivity index (χ4n) is 3.08. The van der Waals surface area contributed by atoms with E-state index in [9.17, 15) is 18.3 Å². The van der Waals surface area contributed by atoms with Gasteiger partial charge in [0.25, 0.3) is 0 Å². The number of aliphatic hydroxyl groups is 1. The molecular weight excluding hydrogens is 380 g/mol. The molecule has 1 aliphatic heterocycles. The van der Waals surface area contributed by atoms with Crippen molar-refractivity contribution in [2.24, 2.45) is 0 Å². The van der Waals surface area contributed by atoms with E-state index < -0.39 is 16.1 Å². The molecule has 3 rings (SSSR count). The summed E-state index contributed by atoms with van der Waals surface area (Å²) in [6, 6.07) is 9.98. The highest BCUT2D eigenvalue weighted by Gasteiger charge is 2.20. The predicted octanol–water partition coefficient (Wildman–Crippen LogP) is 2.29. The Hall–Kier alpha value is -2.42. The number of sulfonamides is 1. The zero-order valence-corrected chi connectivity index (χ0v) is 16.7. The highest BCUT2D eigenvalue weighted by atomic mass is 32.2. The monoisotopic (exact) mass is 404 g/mol. The number of aliphatic hydroxyl groups excluding tert-OH is 1. The number of amides is 1. The molecule has 0 bridgehead atoms. The normalized spacial score (nSPS) is 14.2. The maximum absolute atomic E-state index is 12.6. The number of benzene rings is 2. The first-order valence-electron chi connectivity index (χ1n) is 9.14. The summed E-state index contributed by atoms with van der Waals surface area (Å²) in [7, 11) is -3.80. The maximum Gasteiger partial charge on any atom is 0.240 e. The lowest BCUT2D eigenvalue weighted by molar-refractivity contribution is -0.115. The first-order valence-corrected chi connectivity index (χ1v) is 10.6. The Morgan fingerprint density at radius 1 is 1.25 bits per heavy atom. The Balaban J connectivity index is 1.68. The van der Waals surface area contributed by atoms with Crippen LogP contribution in [0.15, 0.2) is 41.3 Å². The Labute approximate surface area is 164 Å². The van der Waals surface area contributed by atoms with E-state index in [1.807, 2.05) is 6.07 Å². The van der Waals surface area contributed by atoms with Crippen LogP contribution in [-0.4, -0.2) is 32.6 Å². The predicted molar refractivity (Wildman–Crippen MR) is 106 cm³/mol. The second-order valence-corrected chi connectivity index (χ2v) is 8.45. The number of carbonyl (C=O) groups is 1. The molecule has 0 saturated heterocycles. The minimum Gasteiger partial charge on any atom is -0.493 e. The molecule has 0 spiro atoms. The van der Waals surface area contributed by atoms with E-state index >= 15 is 0 Å². The lowest BCUT2D eigenvalue weighted by Crippen LogP contribution is -2.29. The van der Waals surface area contributed by atoms with E-state index in [-0.39, 0.29) is 17.3 Å². The third-order valence-electron chi connectivity index (χ3n) is 4.63. The molecular formula is C20H24N2O5S. The second-order valence-electron chi connectivity index (χ2n) is 6.72. The summed E-state index contributed by atoms with van der Waals surface area (Å²) in [5.41, 5.74) is 2.70. The summed E-state index contributed by atoms with van der Waals surface area (Å²) in [5, 5.41) is 13.1. The van der Waals surface area contributed by atoms with Gasteiger partial charge in [0.2, 0.25) is 15.9 Å². The van der Waals surface area contributed by atoms with Crippen molar-refractivity contribution in [3.63, 3.8) is 0 Å². The molecule has 1 unspecified atom stereocenters. The van der Waals surface area contributed by atoms with Crippen molar-refractivity contribution in [3.8, 4) is 5.75 Å². The third kappa shape index (κ3) is 4.52. The molecule has 3 N–H and O–H groups in total. The number of carbonyl (C=O) groups excluding carboxylic acids is 1. The van der Waals surface area contributed by atoms with Crippen LogP contribution in [0.1, 0.15) is 36.1 Å². The first kappa shape index (κ1) is 20.3. The zero-order chi connectivity index (χ0) is 20.3. The van der Waals surface area contributed by atoms with E-state index in [1.165, 1.54) is 6.07 Å². The number of hydrogen-bond donors (Lipinski definition) is 3. The van der Waals surface area contributed by atoms with Crippen molar-refractivity contribution >= 4 is 21.6 Å². The van der Waals surface area contributed by atoms with Crippen molar-refractivity contribution in [2.45, 2.75) is 37.7 Å². The van der Waals surface area contributed by atoms with E-state index in [2.05, 4.69) is 10.0 Å². The molecule has 0 aliphatic carbocycles. The van der Waals surface area contributed by atoms with Crippen LogP contribution in [0.25, 0.3) is 0 Å². The molecule has 0 aromatic heterocycles. The Morgan fingerprint density at radius 3 is 2.75 bits per heavy atom. The van der Waals surface area contributed by atoms with Crippen molar-refractivity contribution < 1.29 is 23.1 Å². The highest BCUT2D eigenvalue weighted by Crippen LogP contribution is 2.28. The fraction of sp³-hybridized carbons (Fsp3) is 0.350. The van der Waals surface area contributed by atoms with E-state index in [4.69, 9.17) is 4.74 Å². The van der Waals surface area contributed by atoms with Crippen LogP contribution in [0.2, 0.25) is 0 Å². The van der Waals surface area contributed by atoms with Crippen LogP contribution in [0.3, 0.4) is 0 Å². The second kappa shape index (κ2) is 8.30. The summed E-state index contributed by atoms with van der Waals surface area (Å²) in [6.45, 7) is 3.88. The van der Waals surface area contributed by atoms with Gasteiger partial charge in [-0.25, -0.2) is 13.1 Å². The lowest BCUT2D eigenvalue weighted by Gasteiger charge is -2.15. The summed E-state index contributed by atoms with van der Waals surface area (Å²) >= 11 is 0. The smallest absolute Gasteiger partial charge is 0.240 e. The SMILES string of the molecule is CCC(=O)Nc1ccc(S(=O)(=O)NCC(O)c2ccc3c(c2)CCO3)c(C)c1. The van der Waals surface area contributed by atoms with Gasteiger partial charge in [0, 0.05) is 25.1 Å². The highest BCUT2D eigenvalue weighted by molar-refractivity contribution is 7.89. The molecule has 2 aromatic rings. The number of aryl methyl sites for hydroxylation is 1. The number of fused-ring (bicyclic) bond motifs is 1. The molecule has 1 heterocycles. The Morgan fingerprint density at radius 2 is 2.04 bits per heavy atom. The molecule has 8 heteroatoms. The average Bonchev–Trinajstić information content (AvgIpc) is 3.13. The quantitative estimate of drug-likeness (QED) is 0.657. The van der Waals surface area contributed by atoms with Crippen LogP contribution < -0.4 is 14.8 Å². The van der Waals surface area contributed by atoms with Gasteiger partial charge < -0.3 is 15.2 Å². The number of ether oxygens (including phenoxy) is 1. The molecule has 28 heavy (non-hydrogen) atoms. The van der Waals surface area contributed by atoms with Gasteiger partial charge in [0.1, 0.15) is 5.75 Å². The van der Waals surface area contributed by atoms with E-state index in [0.717, 1.165) is 17.7 Å². The average molecular weight is 404 g/mol. The number of rotatable bonds is 7. The molecule has 1 aliphatic rings. The topological polar surface area (TPSA) is 105 Å². The number of nitrogens with one attached hydrogen (secondary N) is 2. The Kier molecular flexibility index (Phi) is 6.02. The van der Waals surface area contributed by atoms with Gasteiger partial charge in [-0.15, -0.1) is 0 Å². The molecule has 1 atom stereocenters. The van der Waals surface area contributed by atoms with Crippen LogP contribution in [0.5, 0.6) is 5.75 Å². The first-order chi connectivity index (χ1) is 13.3. The van der Waals surface area contributed by atoms with Gasteiger partial charge in [0.15, 0.2) is 0 Å². The molecule has 7 nitrogen and oxygen atoms in total. The minimum atomic E-state index is -3.80. The van der Waals surface area contributed by atoms with E-state index in [0.29, 0.717) is 29.8 Å². The standard InChI is InChI=1S/C20H24N2O5S/c1-3-20(24)22-16-5-7-19(13(2)10-16)28(25,26)21-12-17(23)14-4-6-18-15(11-14)8-9-27-18/h4-7,10-11,17,21,23H,3,8-9,12H2,1-2H3,(H,22,24). The van der Waals surface area contributed by atoms with Crippen LogP contribution in [0.4, 0.5) is 5.69 Å². The summed E-state index contributed by atoms with van der Waals surface area (Å²) in [6.07, 6.45) is 0.152. The Bertz CT molecular complexity index is 988. The molecule has 0 saturated carbocycles. The number of anilines is 1. The summed E-state index contributed by atoms with van der Waals surface area (Å²) in [4.78, 5) is 11.6. The zero-order valence-electron chi connectivity index (χ0n) is 15.9. The van der Waals surface area contributed by atoms with Crippen LogP contribution in [-0.2, 0) is 21.2 Å². The van der Waals surface area contributed by atoms with Crippen molar-refractivity contribution in [1.29, 1.82) is 0 Å². The number of hydrogen-bond acceptors (Lipinski definition) is 5. The molecule has 1 amide bonds. The maximum atomic E-state index is 12.6. The van der Waals surface area contributed by atoms with Crippen molar-refractivity contribution in [2.75, 3.05) is 18.5 Å². The van der Waals surface area contributed by atoms with Gasteiger partial charge >= 0.3 is 0 Å². The van der Waals surface area contributed by atoms with E-state index in [1.54, 1.807) is 38.1 Å². The lowest BCUT2D eigenvalue weighted by atomic mass is 10.0. The van der Waals surface area contributed by atoms with Crippen LogP contribution in [0, 0.1) is 6.92 Å². The molecule has 0 fully saturated rings. The van der Waals surface area contributed by atoms with Crippen molar-refractivity contribution in [1.82, 2.24) is 4.72 Å². The van der Waals surface area contributed by atoms with Gasteiger partial charge in [-0.1, -0.05) is 13.0 Å². The minimum absolute atomic E-state index is 0.108. The summed E-state index contributed by atoms with van der Waals surface area (Å²) < 4.78 is 33.2. The molecule has 150 valence electrons. The van der Waals surface area contributed by atoms with Gasteiger partial charge in [-0.2, -0.15) is 0 Å². The van der Waals surface area contributed by atoms with Gasteiger partial charge in [-0.05, 0) is 53.9 Å². The van der Waals surface area contributed by atoms with Gasteiger partial charge in [-0.3, -0.25) is 4.79 Å². The van der Waals surface area contributed by atoms with Crippen molar-refractivity contribution in [3.05, 3.63) is 53.1 Å². The fourth-order valence-corrected chi connectivity index (χ4v) is 4.34. The third-order valence-corrected chi connectivity index (χ3v) is 6.22. The van der Waals surface area contributed by atoms with Crippen LogP contribution >= 0.6 is 0 Å². The molecule has 2 aromatic carbocycles. The molecule has 0 radical (unpaired) electrons.